The maximum Gasteiger partial charge on any atom is 0.255 e. The molecule has 3 rings (SSSR count). The summed E-state index contributed by atoms with van der Waals surface area (Å²) in [5, 5.41) is 8.60. The molecule has 1 aromatic heterocycles. The van der Waals surface area contributed by atoms with Crippen LogP contribution in [0.1, 0.15) is 27.2 Å². The normalized spacial score (nSPS) is 11.3. The van der Waals surface area contributed by atoms with E-state index in [-0.39, 0.29) is 11.7 Å². The van der Waals surface area contributed by atoms with Gasteiger partial charge in [-0.1, -0.05) is 23.7 Å². The minimum absolute atomic E-state index is 0.211. The lowest BCUT2D eigenvalue weighted by molar-refractivity contribution is 0.102. The number of hydrogen-bond donors (Lipinski definition) is 3. The van der Waals surface area contributed by atoms with E-state index in [0.717, 1.165) is 27.5 Å². The van der Waals surface area contributed by atoms with Crippen LogP contribution in [0, 0.1) is 13.8 Å². The molecule has 0 saturated heterocycles. The molecule has 0 radical (unpaired) electrons. The van der Waals surface area contributed by atoms with Crippen molar-refractivity contribution in [2.75, 3.05) is 12.4 Å². The van der Waals surface area contributed by atoms with Gasteiger partial charge in [-0.25, -0.2) is 11.0 Å². The molecule has 0 spiro atoms. The third-order valence-corrected chi connectivity index (χ3v) is 4.81. The Labute approximate surface area is 180 Å². The number of carbonyl (C=O) groups is 1. The average Bonchev–Trinajstić information content (AvgIpc) is 2.70. The maximum atomic E-state index is 12.6. The Morgan fingerprint density at radius 1 is 1.10 bits per heavy atom. The van der Waals surface area contributed by atoms with E-state index in [1.165, 1.54) is 0 Å². The van der Waals surface area contributed by atoms with Crippen molar-refractivity contribution < 1.29 is 4.79 Å². The summed E-state index contributed by atoms with van der Waals surface area (Å²) in [7, 11) is 1.58. The highest BCUT2D eigenvalue weighted by atomic mass is 35.5. The minimum Gasteiger partial charge on any atom is -0.382 e. The van der Waals surface area contributed by atoms with Crippen LogP contribution < -0.4 is 16.9 Å². The summed E-state index contributed by atoms with van der Waals surface area (Å²) < 4.78 is 0. The van der Waals surface area contributed by atoms with Gasteiger partial charge in [-0.3, -0.25) is 9.78 Å². The van der Waals surface area contributed by atoms with Crippen molar-refractivity contribution in [3.8, 4) is 11.1 Å². The number of aromatic nitrogens is 1. The number of nitrogens with two attached hydrogens (primary N) is 2. The number of nitrogens with zero attached hydrogens (tertiary/aromatic N) is 3. The molecule has 2 aromatic carbocycles. The fourth-order valence-electron chi connectivity index (χ4n) is 2.96. The van der Waals surface area contributed by atoms with Crippen LogP contribution >= 0.6 is 11.6 Å². The van der Waals surface area contributed by atoms with E-state index in [2.05, 4.69) is 15.4 Å². The van der Waals surface area contributed by atoms with Crippen LogP contribution in [0.2, 0.25) is 5.02 Å². The second kappa shape index (κ2) is 8.94. The van der Waals surface area contributed by atoms with Crippen molar-refractivity contribution in [3.05, 3.63) is 82.1 Å². The molecule has 8 heteroatoms. The van der Waals surface area contributed by atoms with Crippen LogP contribution in [-0.4, -0.2) is 28.9 Å². The van der Waals surface area contributed by atoms with Gasteiger partial charge in [0.1, 0.15) is 0 Å². The standard InChI is InChI=1S/C22H23ClN6O/c1-13-10-14(2)26-12-20(13)27-22(30)16-6-4-15(5-7-16)18-11-17(8-9-19(18)23)21(24)28-29(3)25/h4-12H,25H2,1-3H3,(H2,24,28)(H,27,30). The Balaban J connectivity index is 1.84. The number of halogens is 1. The van der Waals surface area contributed by atoms with Crippen molar-refractivity contribution in [2.45, 2.75) is 13.8 Å². The van der Waals surface area contributed by atoms with Crippen LogP contribution in [0.25, 0.3) is 11.1 Å². The fourth-order valence-corrected chi connectivity index (χ4v) is 3.18. The van der Waals surface area contributed by atoms with Gasteiger partial charge < -0.3 is 11.1 Å². The number of pyridine rings is 1. The molecule has 30 heavy (non-hydrogen) atoms. The lowest BCUT2D eigenvalue weighted by atomic mass is 10.0. The van der Waals surface area contributed by atoms with Gasteiger partial charge in [0, 0.05) is 34.5 Å². The number of nitrogens with one attached hydrogen (secondary N) is 1. The Morgan fingerprint density at radius 3 is 2.40 bits per heavy atom. The second-order valence-corrected chi connectivity index (χ2v) is 7.33. The van der Waals surface area contributed by atoms with E-state index in [1.807, 2.05) is 38.1 Å². The Hall–Kier alpha value is -3.42. The Kier molecular flexibility index (Phi) is 6.34. The van der Waals surface area contributed by atoms with Gasteiger partial charge in [-0.15, -0.1) is 5.10 Å². The zero-order valence-corrected chi connectivity index (χ0v) is 17.7. The number of hydrogen-bond acceptors (Lipinski definition) is 5. The Bertz CT molecular complexity index is 1110. The number of benzene rings is 2. The molecule has 0 fully saturated rings. The van der Waals surface area contributed by atoms with Crippen molar-refractivity contribution in [2.24, 2.45) is 16.7 Å². The van der Waals surface area contributed by atoms with Gasteiger partial charge in [-0.05, 0) is 61.4 Å². The smallest absolute Gasteiger partial charge is 0.255 e. The van der Waals surface area contributed by atoms with Crippen LogP contribution in [-0.2, 0) is 0 Å². The van der Waals surface area contributed by atoms with Crippen molar-refractivity contribution in [1.29, 1.82) is 0 Å². The van der Waals surface area contributed by atoms with Gasteiger partial charge >= 0.3 is 0 Å². The lowest BCUT2D eigenvalue weighted by Gasteiger charge is -2.11. The van der Waals surface area contributed by atoms with Gasteiger partial charge in [-0.2, -0.15) is 0 Å². The quantitative estimate of drug-likeness (QED) is 0.251. The molecule has 0 saturated carbocycles. The van der Waals surface area contributed by atoms with Crippen molar-refractivity contribution in [3.63, 3.8) is 0 Å². The van der Waals surface area contributed by atoms with Crippen LogP contribution in [0.3, 0.4) is 0 Å². The number of hydrazine groups is 1. The van der Waals surface area contributed by atoms with E-state index in [0.29, 0.717) is 21.8 Å². The van der Waals surface area contributed by atoms with Crippen molar-refractivity contribution >= 4 is 29.0 Å². The maximum absolute atomic E-state index is 12.6. The average molecular weight is 423 g/mol. The van der Waals surface area contributed by atoms with Crippen molar-refractivity contribution in [1.82, 2.24) is 10.1 Å². The summed E-state index contributed by atoms with van der Waals surface area (Å²) in [6.07, 6.45) is 1.66. The molecule has 0 aliphatic rings. The Morgan fingerprint density at radius 2 is 1.77 bits per heavy atom. The van der Waals surface area contributed by atoms with Gasteiger partial charge in [0.05, 0.1) is 11.9 Å². The SMILES string of the molecule is Cc1cc(C)c(NC(=O)c2ccc(-c3cc(/C(N)=N/N(C)N)ccc3Cl)cc2)cn1. The number of aryl methyl sites for hydroxylation is 2. The highest BCUT2D eigenvalue weighted by Crippen LogP contribution is 2.29. The van der Waals surface area contributed by atoms with Crippen LogP contribution in [0.5, 0.6) is 0 Å². The summed E-state index contributed by atoms with van der Waals surface area (Å²) >= 11 is 6.38. The molecular formula is C22H23ClN6O. The third kappa shape index (κ3) is 4.94. The monoisotopic (exact) mass is 422 g/mol. The predicted molar refractivity (Wildman–Crippen MR) is 121 cm³/mol. The summed E-state index contributed by atoms with van der Waals surface area (Å²) in [5.41, 5.74) is 11.4. The molecule has 0 bridgehead atoms. The number of anilines is 1. The number of hydrazone groups is 1. The van der Waals surface area contributed by atoms with E-state index < -0.39 is 0 Å². The molecule has 0 aliphatic heterocycles. The van der Waals surface area contributed by atoms with Crippen LogP contribution in [0.15, 0.2) is 59.8 Å². The minimum atomic E-state index is -0.211. The van der Waals surface area contributed by atoms with E-state index >= 15 is 0 Å². The zero-order chi connectivity index (χ0) is 21.8. The molecule has 0 unspecified atom stereocenters. The number of rotatable bonds is 5. The van der Waals surface area contributed by atoms with E-state index in [9.17, 15) is 4.79 Å². The number of amides is 1. The molecule has 1 heterocycles. The zero-order valence-electron chi connectivity index (χ0n) is 17.0. The first kappa shape index (κ1) is 21.3. The van der Waals surface area contributed by atoms with Crippen LogP contribution in [0.4, 0.5) is 5.69 Å². The number of carbonyl (C=O) groups excluding carboxylic acids is 1. The second-order valence-electron chi connectivity index (χ2n) is 6.93. The molecule has 3 aromatic rings. The molecule has 7 nitrogen and oxygen atoms in total. The third-order valence-electron chi connectivity index (χ3n) is 4.48. The summed E-state index contributed by atoms with van der Waals surface area (Å²) in [6, 6.07) is 14.4. The predicted octanol–water partition coefficient (Wildman–Crippen LogP) is 3.70. The highest BCUT2D eigenvalue weighted by Gasteiger charge is 2.11. The number of amidine groups is 1. The summed E-state index contributed by atoms with van der Waals surface area (Å²) in [6.45, 7) is 3.84. The topological polar surface area (TPSA) is 110 Å². The van der Waals surface area contributed by atoms with Gasteiger partial charge in [0.2, 0.25) is 0 Å². The van der Waals surface area contributed by atoms with E-state index in [4.69, 9.17) is 23.2 Å². The summed E-state index contributed by atoms with van der Waals surface area (Å²) in [4.78, 5) is 16.8. The lowest BCUT2D eigenvalue weighted by Crippen LogP contribution is -2.25. The molecule has 1 amide bonds. The molecule has 5 N–H and O–H groups in total. The van der Waals surface area contributed by atoms with E-state index in [1.54, 1.807) is 37.5 Å². The largest absolute Gasteiger partial charge is 0.382 e. The first-order valence-corrected chi connectivity index (χ1v) is 9.60. The van der Waals surface area contributed by atoms with Gasteiger partial charge in [0.15, 0.2) is 5.84 Å². The molecule has 0 atom stereocenters. The molecular weight excluding hydrogens is 400 g/mol. The molecule has 0 aliphatic carbocycles. The van der Waals surface area contributed by atoms with Gasteiger partial charge in [0.25, 0.3) is 5.91 Å². The highest BCUT2D eigenvalue weighted by molar-refractivity contribution is 6.33. The first-order chi connectivity index (χ1) is 14.2. The fraction of sp³-hybridized carbons (Fsp3) is 0.136. The first-order valence-electron chi connectivity index (χ1n) is 9.22. The summed E-state index contributed by atoms with van der Waals surface area (Å²) in [5.74, 6) is 5.59. The molecule has 154 valence electrons.